The molecule has 1 amide bonds. The number of likely N-dealkylation sites (tertiary alicyclic amines) is 1. The van der Waals surface area contributed by atoms with E-state index in [0.29, 0.717) is 12.8 Å². The van der Waals surface area contributed by atoms with Crippen LogP contribution < -0.4 is 0 Å². The van der Waals surface area contributed by atoms with Crippen molar-refractivity contribution in [2.24, 2.45) is 0 Å². The standard InChI is InChI=1S/C19H19NO3/c21-18(13-14-7-3-1-4-8-14)20-16(11-12-17(20)19(22)23)15-9-5-2-6-10-15/h1-10,16-17H,11-13H2,(H,22,23). The minimum atomic E-state index is -0.926. The molecule has 0 saturated carbocycles. The van der Waals surface area contributed by atoms with Gasteiger partial charge in [0.05, 0.1) is 12.5 Å². The van der Waals surface area contributed by atoms with E-state index in [4.69, 9.17) is 0 Å². The summed E-state index contributed by atoms with van der Waals surface area (Å²) in [6.07, 6.45) is 1.41. The molecule has 2 atom stereocenters. The first-order valence-electron chi connectivity index (χ1n) is 7.79. The van der Waals surface area contributed by atoms with Gasteiger partial charge in [-0.25, -0.2) is 4.79 Å². The topological polar surface area (TPSA) is 57.6 Å². The fraction of sp³-hybridized carbons (Fsp3) is 0.263. The number of hydrogen-bond acceptors (Lipinski definition) is 2. The maximum Gasteiger partial charge on any atom is 0.326 e. The Morgan fingerprint density at radius 3 is 2.17 bits per heavy atom. The number of benzene rings is 2. The van der Waals surface area contributed by atoms with E-state index in [-0.39, 0.29) is 18.4 Å². The lowest BCUT2D eigenvalue weighted by Gasteiger charge is -2.29. The zero-order valence-electron chi connectivity index (χ0n) is 12.8. The number of carbonyl (C=O) groups is 2. The Hall–Kier alpha value is -2.62. The number of amides is 1. The first kappa shape index (κ1) is 15.3. The zero-order valence-corrected chi connectivity index (χ0v) is 12.8. The lowest BCUT2D eigenvalue weighted by Crippen LogP contribution is -2.42. The van der Waals surface area contributed by atoms with Crippen LogP contribution in [-0.4, -0.2) is 27.9 Å². The summed E-state index contributed by atoms with van der Waals surface area (Å²) in [6, 6.07) is 18.2. The molecule has 1 aliphatic rings. The van der Waals surface area contributed by atoms with Gasteiger partial charge in [-0.2, -0.15) is 0 Å². The molecule has 23 heavy (non-hydrogen) atoms. The summed E-state index contributed by atoms with van der Waals surface area (Å²) in [5, 5.41) is 9.47. The van der Waals surface area contributed by atoms with Crippen LogP contribution in [0.5, 0.6) is 0 Å². The number of carbonyl (C=O) groups excluding carboxylic acids is 1. The van der Waals surface area contributed by atoms with E-state index in [1.54, 1.807) is 4.90 Å². The molecule has 1 saturated heterocycles. The molecular formula is C19H19NO3. The normalized spacial score (nSPS) is 20.4. The molecule has 1 N–H and O–H groups in total. The third-order valence-corrected chi connectivity index (χ3v) is 4.34. The summed E-state index contributed by atoms with van der Waals surface area (Å²) in [5.74, 6) is -1.06. The SMILES string of the molecule is O=C(O)C1CCC(c2ccccc2)N1C(=O)Cc1ccccc1. The molecule has 3 rings (SSSR count). The minimum absolute atomic E-state index is 0.130. The Morgan fingerprint density at radius 2 is 1.57 bits per heavy atom. The largest absolute Gasteiger partial charge is 0.480 e. The third kappa shape index (κ3) is 3.26. The Kier molecular flexibility index (Phi) is 4.42. The molecule has 0 bridgehead atoms. The lowest BCUT2D eigenvalue weighted by molar-refractivity contribution is -0.149. The van der Waals surface area contributed by atoms with Crippen LogP contribution in [0.25, 0.3) is 0 Å². The third-order valence-electron chi connectivity index (χ3n) is 4.34. The highest BCUT2D eigenvalue weighted by atomic mass is 16.4. The number of rotatable bonds is 4. The number of carboxylic acid groups (broad SMARTS) is 1. The van der Waals surface area contributed by atoms with E-state index < -0.39 is 12.0 Å². The van der Waals surface area contributed by atoms with Crippen molar-refractivity contribution >= 4 is 11.9 Å². The number of carboxylic acids is 1. The van der Waals surface area contributed by atoms with Crippen LogP contribution >= 0.6 is 0 Å². The van der Waals surface area contributed by atoms with Crippen LogP contribution in [0.15, 0.2) is 60.7 Å². The molecule has 0 aliphatic carbocycles. The highest BCUT2D eigenvalue weighted by Crippen LogP contribution is 2.36. The summed E-state index contributed by atoms with van der Waals surface area (Å²) < 4.78 is 0. The van der Waals surface area contributed by atoms with Crippen molar-refractivity contribution in [3.05, 3.63) is 71.8 Å². The van der Waals surface area contributed by atoms with Gasteiger partial charge < -0.3 is 10.0 Å². The maximum atomic E-state index is 12.8. The number of aliphatic carboxylic acids is 1. The molecule has 1 aliphatic heterocycles. The van der Waals surface area contributed by atoms with Crippen molar-refractivity contribution in [2.45, 2.75) is 31.3 Å². The second-order valence-corrected chi connectivity index (χ2v) is 5.82. The Balaban J connectivity index is 1.86. The number of hydrogen-bond donors (Lipinski definition) is 1. The fourth-order valence-corrected chi connectivity index (χ4v) is 3.27. The Morgan fingerprint density at radius 1 is 0.957 bits per heavy atom. The highest BCUT2D eigenvalue weighted by molar-refractivity contribution is 5.86. The first-order chi connectivity index (χ1) is 11.2. The van der Waals surface area contributed by atoms with Gasteiger partial charge in [-0.05, 0) is 24.0 Å². The van der Waals surface area contributed by atoms with Crippen LogP contribution in [0.1, 0.15) is 30.0 Å². The predicted molar refractivity (Wildman–Crippen MR) is 86.8 cm³/mol. The lowest BCUT2D eigenvalue weighted by atomic mass is 10.0. The van der Waals surface area contributed by atoms with Crippen molar-refractivity contribution in [2.75, 3.05) is 0 Å². The smallest absolute Gasteiger partial charge is 0.326 e. The van der Waals surface area contributed by atoms with Crippen LogP contribution in [0, 0.1) is 0 Å². The van der Waals surface area contributed by atoms with Crippen molar-refractivity contribution < 1.29 is 14.7 Å². The molecule has 0 radical (unpaired) electrons. The molecular weight excluding hydrogens is 290 g/mol. The second-order valence-electron chi connectivity index (χ2n) is 5.82. The van der Waals surface area contributed by atoms with Crippen LogP contribution in [-0.2, 0) is 16.0 Å². The molecule has 118 valence electrons. The van der Waals surface area contributed by atoms with Gasteiger partial charge in [0.25, 0.3) is 0 Å². The molecule has 1 fully saturated rings. The van der Waals surface area contributed by atoms with Crippen molar-refractivity contribution in [3.63, 3.8) is 0 Å². The van der Waals surface area contributed by atoms with E-state index in [9.17, 15) is 14.7 Å². The van der Waals surface area contributed by atoms with E-state index in [0.717, 1.165) is 11.1 Å². The quantitative estimate of drug-likeness (QED) is 0.944. The fourth-order valence-electron chi connectivity index (χ4n) is 3.27. The van der Waals surface area contributed by atoms with Crippen molar-refractivity contribution in [1.82, 2.24) is 4.90 Å². The van der Waals surface area contributed by atoms with Crippen molar-refractivity contribution in [1.29, 1.82) is 0 Å². The summed E-state index contributed by atoms with van der Waals surface area (Å²) >= 11 is 0. The van der Waals surface area contributed by atoms with Crippen LogP contribution in [0.4, 0.5) is 0 Å². The van der Waals surface area contributed by atoms with Crippen molar-refractivity contribution in [3.8, 4) is 0 Å². The zero-order chi connectivity index (χ0) is 16.2. The summed E-state index contributed by atoms with van der Waals surface area (Å²) in [6.45, 7) is 0. The highest BCUT2D eigenvalue weighted by Gasteiger charge is 2.41. The Labute approximate surface area is 135 Å². The molecule has 2 aromatic carbocycles. The average Bonchev–Trinajstić information content (AvgIpc) is 3.02. The molecule has 0 aromatic heterocycles. The molecule has 4 nitrogen and oxygen atoms in total. The van der Waals surface area contributed by atoms with Crippen LogP contribution in [0.2, 0.25) is 0 Å². The second kappa shape index (κ2) is 6.65. The van der Waals surface area contributed by atoms with E-state index in [1.165, 1.54) is 0 Å². The van der Waals surface area contributed by atoms with E-state index >= 15 is 0 Å². The number of nitrogens with zero attached hydrogens (tertiary/aromatic N) is 1. The van der Waals surface area contributed by atoms with Gasteiger partial charge in [0.15, 0.2) is 0 Å². The van der Waals surface area contributed by atoms with Gasteiger partial charge in [-0.15, -0.1) is 0 Å². The predicted octanol–water partition coefficient (Wildman–Crippen LogP) is 3.05. The first-order valence-corrected chi connectivity index (χ1v) is 7.79. The average molecular weight is 309 g/mol. The molecule has 1 heterocycles. The van der Waals surface area contributed by atoms with Crippen LogP contribution in [0.3, 0.4) is 0 Å². The van der Waals surface area contributed by atoms with Gasteiger partial charge >= 0.3 is 5.97 Å². The molecule has 0 spiro atoms. The van der Waals surface area contributed by atoms with E-state index in [1.807, 2.05) is 60.7 Å². The van der Waals surface area contributed by atoms with Gasteiger partial charge in [0.2, 0.25) is 5.91 Å². The van der Waals surface area contributed by atoms with Gasteiger partial charge in [0, 0.05) is 0 Å². The summed E-state index contributed by atoms with van der Waals surface area (Å²) in [5.41, 5.74) is 1.90. The van der Waals surface area contributed by atoms with E-state index in [2.05, 4.69) is 0 Å². The van der Waals surface area contributed by atoms with Gasteiger partial charge in [-0.1, -0.05) is 60.7 Å². The van der Waals surface area contributed by atoms with Gasteiger partial charge in [-0.3, -0.25) is 4.79 Å². The summed E-state index contributed by atoms with van der Waals surface area (Å²) in [4.78, 5) is 25.9. The molecule has 2 aromatic rings. The maximum absolute atomic E-state index is 12.8. The Bertz CT molecular complexity index is 684. The molecule has 2 unspecified atom stereocenters. The molecule has 4 heteroatoms. The van der Waals surface area contributed by atoms with Gasteiger partial charge in [0.1, 0.15) is 6.04 Å². The monoisotopic (exact) mass is 309 g/mol. The summed E-state index contributed by atoms with van der Waals surface area (Å²) in [7, 11) is 0. The minimum Gasteiger partial charge on any atom is -0.480 e.